The van der Waals surface area contributed by atoms with Crippen molar-refractivity contribution in [2.45, 2.75) is 63.2 Å². The highest BCUT2D eigenvalue weighted by atomic mass is 16.5. The first kappa shape index (κ1) is 11.9. The van der Waals surface area contributed by atoms with Gasteiger partial charge in [0.2, 0.25) is 5.91 Å². The van der Waals surface area contributed by atoms with Crippen LogP contribution in [0.1, 0.15) is 44.9 Å². The van der Waals surface area contributed by atoms with E-state index in [2.05, 4.69) is 5.32 Å². The van der Waals surface area contributed by atoms with E-state index in [0.717, 1.165) is 44.9 Å². The molecule has 2 rings (SSSR count). The highest BCUT2D eigenvalue weighted by molar-refractivity contribution is 5.81. The molecule has 1 saturated carbocycles. The Kier molecular flexibility index (Phi) is 4.18. The van der Waals surface area contributed by atoms with Gasteiger partial charge in [-0.15, -0.1) is 0 Å². The molecule has 1 unspecified atom stereocenters. The molecule has 1 amide bonds. The normalized spacial score (nSPS) is 35.7. The van der Waals surface area contributed by atoms with E-state index in [1.165, 1.54) is 0 Å². The van der Waals surface area contributed by atoms with Crippen molar-refractivity contribution < 1.29 is 14.6 Å². The lowest BCUT2D eigenvalue weighted by molar-refractivity contribution is -0.137. The molecule has 1 saturated heterocycles. The molecule has 2 N–H and O–H groups in total. The number of aliphatic hydroxyl groups is 1. The summed E-state index contributed by atoms with van der Waals surface area (Å²) in [6.07, 6.45) is 6.11. The Hall–Kier alpha value is -0.610. The minimum Gasteiger partial charge on any atom is -0.391 e. The second kappa shape index (κ2) is 5.64. The van der Waals surface area contributed by atoms with Crippen LogP contribution in [0.25, 0.3) is 0 Å². The van der Waals surface area contributed by atoms with Crippen molar-refractivity contribution in [2.24, 2.45) is 0 Å². The second-order valence-electron chi connectivity index (χ2n) is 4.82. The van der Waals surface area contributed by atoms with Gasteiger partial charge in [0.05, 0.1) is 12.1 Å². The Labute approximate surface area is 96.4 Å². The van der Waals surface area contributed by atoms with Crippen LogP contribution in [0.2, 0.25) is 0 Å². The maximum Gasteiger partial charge on any atom is 0.249 e. The SMILES string of the molecule is O=C(N[C@H]1CCCC[C@@H]1O)C1CCCCO1. The average molecular weight is 227 g/mol. The molecular weight excluding hydrogens is 206 g/mol. The largest absolute Gasteiger partial charge is 0.391 e. The Bertz CT molecular complexity index is 238. The predicted molar refractivity (Wildman–Crippen MR) is 60.0 cm³/mol. The standard InChI is InChI=1S/C12H21NO3/c14-10-6-2-1-5-9(10)13-12(15)11-7-3-4-8-16-11/h9-11,14H,1-8H2,(H,13,15)/t9-,10-,11?/m0/s1. The van der Waals surface area contributed by atoms with Gasteiger partial charge in [0, 0.05) is 6.61 Å². The Morgan fingerprint density at radius 2 is 1.88 bits per heavy atom. The molecular formula is C12H21NO3. The third-order valence-corrected chi connectivity index (χ3v) is 3.53. The van der Waals surface area contributed by atoms with E-state index < -0.39 is 0 Å². The van der Waals surface area contributed by atoms with E-state index in [1.54, 1.807) is 0 Å². The Morgan fingerprint density at radius 3 is 2.56 bits per heavy atom. The lowest BCUT2D eigenvalue weighted by Crippen LogP contribution is -2.49. The molecule has 0 spiro atoms. The van der Waals surface area contributed by atoms with Gasteiger partial charge < -0.3 is 15.2 Å². The number of hydrogen-bond donors (Lipinski definition) is 2. The summed E-state index contributed by atoms with van der Waals surface area (Å²) < 4.78 is 5.42. The Balaban J connectivity index is 1.80. The summed E-state index contributed by atoms with van der Waals surface area (Å²) in [5.41, 5.74) is 0. The van der Waals surface area contributed by atoms with Crippen LogP contribution in [0.3, 0.4) is 0 Å². The maximum atomic E-state index is 11.9. The van der Waals surface area contributed by atoms with E-state index in [9.17, 15) is 9.90 Å². The van der Waals surface area contributed by atoms with Gasteiger partial charge in [-0.25, -0.2) is 0 Å². The molecule has 2 aliphatic rings. The fraction of sp³-hybridized carbons (Fsp3) is 0.917. The summed E-state index contributed by atoms with van der Waals surface area (Å²) in [7, 11) is 0. The van der Waals surface area contributed by atoms with Gasteiger partial charge in [-0.2, -0.15) is 0 Å². The van der Waals surface area contributed by atoms with Crippen LogP contribution >= 0.6 is 0 Å². The molecule has 0 aromatic heterocycles. The summed E-state index contributed by atoms with van der Waals surface area (Å²) in [5, 5.41) is 12.7. The number of carbonyl (C=O) groups is 1. The summed E-state index contributed by atoms with van der Waals surface area (Å²) >= 11 is 0. The van der Waals surface area contributed by atoms with Gasteiger partial charge in [0.15, 0.2) is 0 Å². The van der Waals surface area contributed by atoms with E-state index in [0.29, 0.717) is 6.61 Å². The molecule has 4 heteroatoms. The minimum atomic E-state index is -0.374. The summed E-state index contributed by atoms with van der Waals surface area (Å²) in [6, 6.07) is -0.0632. The number of nitrogens with one attached hydrogen (secondary N) is 1. The zero-order valence-corrected chi connectivity index (χ0v) is 9.65. The van der Waals surface area contributed by atoms with Crippen LogP contribution in [0, 0.1) is 0 Å². The fourth-order valence-corrected chi connectivity index (χ4v) is 2.50. The molecule has 0 aromatic rings. The molecule has 3 atom stereocenters. The molecule has 4 nitrogen and oxygen atoms in total. The first-order chi connectivity index (χ1) is 7.77. The molecule has 2 fully saturated rings. The van der Waals surface area contributed by atoms with Gasteiger partial charge in [0.1, 0.15) is 6.10 Å². The van der Waals surface area contributed by atoms with E-state index in [-0.39, 0.29) is 24.2 Å². The van der Waals surface area contributed by atoms with Gasteiger partial charge in [-0.1, -0.05) is 12.8 Å². The van der Waals surface area contributed by atoms with E-state index >= 15 is 0 Å². The van der Waals surface area contributed by atoms with Crippen LogP contribution in [-0.2, 0) is 9.53 Å². The van der Waals surface area contributed by atoms with Crippen LogP contribution < -0.4 is 5.32 Å². The molecule has 0 bridgehead atoms. The van der Waals surface area contributed by atoms with E-state index in [1.807, 2.05) is 0 Å². The van der Waals surface area contributed by atoms with Gasteiger partial charge in [-0.05, 0) is 32.1 Å². The summed E-state index contributed by atoms with van der Waals surface area (Å²) in [4.78, 5) is 11.9. The first-order valence-electron chi connectivity index (χ1n) is 6.37. The fourth-order valence-electron chi connectivity index (χ4n) is 2.50. The topological polar surface area (TPSA) is 58.6 Å². The van der Waals surface area contributed by atoms with Crippen LogP contribution in [0.15, 0.2) is 0 Å². The van der Waals surface area contributed by atoms with Gasteiger partial charge in [-0.3, -0.25) is 4.79 Å². The highest BCUT2D eigenvalue weighted by Crippen LogP contribution is 2.19. The first-order valence-corrected chi connectivity index (χ1v) is 6.37. The van der Waals surface area contributed by atoms with Crippen molar-refractivity contribution >= 4 is 5.91 Å². The third-order valence-electron chi connectivity index (χ3n) is 3.53. The number of rotatable bonds is 2. The monoisotopic (exact) mass is 227 g/mol. The summed E-state index contributed by atoms with van der Waals surface area (Å²) in [5.74, 6) is -0.0364. The average Bonchev–Trinajstić information content (AvgIpc) is 2.33. The van der Waals surface area contributed by atoms with Gasteiger partial charge in [0.25, 0.3) is 0 Å². The van der Waals surface area contributed by atoms with E-state index in [4.69, 9.17) is 4.74 Å². The lowest BCUT2D eigenvalue weighted by atomic mass is 9.92. The molecule has 92 valence electrons. The molecule has 1 aliphatic heterocycles. The second-order valence-corrected chi connectivity index (χ2v) is 4.82. The number of ether oxygens (including phenoxy) is 1. The smallest absolute Gasteiger partial charge is 0.249 e. The number of amides is 1. The summed E-state index contributed by atoms with van der Waals surface area (Å²) in [6.45, 7) is 0.686. The molecule has 1 aliphatic carbocycles. The van der Waals surface area contributed by atoms with Crippen LogP contribution in [-0.4, -0.2) is 35.9 Å². The highest BCUT2D eigenvalue weighted by Gasteiger charge is 2.28. The van der Waals surface area contributed by atoms with Crippen molar-refractivity contribution in [3.05, 3.63) is 0 Å². The van der Waals surface area contributed by atoms with Crippen LogP contribution in [0.5, 0.6) is 0 Å². The zero-order chi connectivity index (χ0) is 11.4. The van der Waals surface area contributed by atoms with Crippen molar-refractivity contribution in [1.82, 2.24) is 5.32 Å². The zero-order valence-electron chi connectivity index (χ0n) is 9.65. The van der Waals surface area contributed by atoms with Gasteiger partial charge >= 0.3 is 0 Å². The molecule has 0 aromatic carbocycles. The number of carbonyl (C=O) groups excluding carboxylic acids is 1. The number of aliphatic hydroxyl groups excluding tert-OH is 1. The maximum absolute atomic E-state index is 11.9. The van der Waals surface area contributed by atoms with Crippen molar-refractivity contribution in [3.8, 4) is 0 Å². The molecule has 1 heterocycles. The van der Waals surface area contributed by atoms with Crippen molar-refractivity contribution in [3.63, 3.8) is 0 Å². The predicted octanol–water partition coefficient (Wildman–Crippen LogP) is 0.975. The lowest BCUT2D eigenvalue weighted by Gasteiger charge is -2.30. The molecule has 16 heavy (non-hydrogen) atoms. The number of hydrogen-bond acceptors (Lipinski definition) is 3. The van der Waals surface area contributed by atoms with Crippen molar-refractivity contribution in [2.75, 3.05) is 6.61 Å². The molecule has 0 radical (unpaired) electrons. The minimum absolute atomic E-state index is 0.0364. The quantitative estimate of drug-likeness (QED) is 0.739. The Morgan fingerprint density at radius 1 is 1.12 bits per heavy atom. The van der Waals surface area contributed by atoms with Crippen LogP contribution in [0.4, 0.5) is 0 Å². The third kappa shape index (κ3) is 2.95. The van der Waals surface area contributed by atoms with Crippen molar-refractivity contribution in [1.29, 1.82) is 0 Å².